The monoisotopic (exact) mass is 247 g/mol. The van der Waals surface area contributed by atoms with E-state index in [1.165, 1.54) is 25.4 Å². The first kappa shape index (κ1) is 12.0. The van der Waals surface area contributed by atoms with Crippen molar-refractivity contribution < 1.29 is 13.9 Å². The van der Waals surface area contributed by atoms with Gasteiger partial charge < -0.3 is 10.5 Å². The lowest BCUT2D eigenvalue weighted by atomic mass is 10.2. The van der Waals surface area contributed by atoms with Gasteiger partial charge in [0, 0.05) is 11.8 Å². The Morgan fingerprint density at radius 3 is 2.83 bits per heavy atom. The lowest BCUT2D eigenvalue weighted by Crippen LogP contribution is -2.09. The van der Waals surface area contributed by atoms with Crippen molar-refractivity contribution >= 4 is 11.8 Å². The maximum Gasteiger partial charge on any atom is 0.343 e. The van der Waals surface area contributed by atoms with Crippen LogP contribution in [0.4, 0.5) is 10.2 Å². The molecule has 1 aromatic carbocycles. The molecule has 0 amide bonds. The second-order valence-corrected chi connectivity index (χ2v) is 3.49. The number of aromatic nitrogens is 2. The van der Waals surface area contributed by atoms with Crippen molar-refractivity contribution in [1.29, 1.82) is 0 Å². The van der Waals surface area contributed by atoms with E-state index >= 15 is 0 Å². The molecule has 0 bridgehead atoms. The quantitative estimate of drug-likeness (QED) is 0.816. The number of rotatable bonds is 2. The van der Waals surface area contributed by atoms with Crippen LogP contribution in [0.5, 0.6) is 0 Å². The summed E-state index contributed by atoms with van der Waals surface area (Å²) in [6.45, 7) is 0. The Balaban J connectivity index is 2.43. The number of nitrogen functional groups attached to an aromatic ring is 1. The van der Waals surface area contributed by atoms with E-state index in [-0.39, 0.29) is 17.2 Å². The number of anilines is 1. The van der Waals surface area contributed by atoms with Gasteiger partial charge in [-0.05, 0) is 12.1 Å². The molecule has 1 aromatic heterocycles. The van der Waals surface area contributed by atoms with Crippen molar-refractivity contribution in [3.05, 3.63) is 41.8 Å². The van der Waals surface area contributed by atoms with Gasteiger partial charge in [0.05, 0.1) is 7.11 Å². The number of halogens is 1. The number of methoxy groups -OCH3 is 1. The summed E-state index contributed by atoms with van der Waals surface area (Å²) in [5.41, 5.74) is 6.19. The third-order valence-corrected chi connectivity index (χ3v) is 2.31. The lowest BCUT2D eigenvalue weighted by Gasteiger charge is -2.05. The van der Waals surface area contributed by atoms with E-state index in [1.807, 2.05) is 0 Å². The van der Waals surface area contributed by atoms with Crippen LogP contribution in [0.15, 0.2) is 30.5 Å². The zero-order chi connectivity index (χ0) is 13.1. The molecule has 2 rings (SSSR count). The average molecular weight is 247 g/mol. The van der Waals surface area contributed by atoms with Crippen molar-refractivity contribution in [3.63, 3.8) is 0 Å². The smallest absolute Gasteiger partial charge is 0.343 e. The van der Waals surface area contributed by atoms with Gasteiger partial charge in [-0.1, -0.05) is 12.1 Å². The molecule has 18 heavy (non-hydrogen) atoms. The van der Waals surface area contributed by atoms with E-state index in [1.54, 1.807) is 12.1 Å². The zero-order valence-electron chi connectivity index (χ0n) is 9.55. The molecule has 92 valence electrons. The molecule has 0 spiro atoms. The molecule has 0 saturated carbocycles. The van der Waals surface area contributed by atoms with Gasteiger partial charge >= 0.3 is 5.97 Å². The molecule has 0 aliphatic carbocycles. The molecule has 2 N–H and O–H groups in total. The second-order valence-electron chi connectivity index (χ2n) is 3.49. The Morgan fingerprint density at radius 2 is 2.22 bits per heavy atom. The third-order valence-electron chi connectivity index (χ3n) is 2.31. The van der Waals surface area contributed by atoms with Gasteiger partial charge in [0.25, 0.3) is 0 Å². The molecule has 0 radical (unpaired) electrons. The minimum atomic E-state index is -0.613. The van der Waals surface area contributed by atoms with E-state index in [2.05, 4.69) is 14.7 Å². The van der Waals surface area contributed by atoms with E-state index in [4.69, 9.17) is 5.73 Å². The fourth-order valence-corrected chi connectivity index (χ4v) is 1.43. The molecule has 6 heteroatoms. The van der Waals surface area contributed by atoms with Crippen molar-refractivity contribution in [2.24, 2.45) is 0 Å². The molecule has 0 aliphatic rings. The Morgan fingerprint density at radius 1 is 1.44 bits per heavy atom. The molecule has 5 nitrogen and oxygen atoms in total. The van der Waals surface area contributed by atoms with Crippen LogP contribution in [0, 0.1) is 5.82 Å². The highest BCUT2D eigenvalue weighted by molar-refractivity contribution is 5.93. The number of hydrogen-bond acceptors (Lipinski definition) is 5. The first-order chi connectivity index (χ1) is 8.61. The van der Waals surface area contributed by atoms with Crippen molar-refractivity contribution in [2.75, 3.05) is 12.8 Å². The van der Waals surface area contributed by atoms with Gasteiger partial charge in [-0.25, -0.2) is 19.2 Å². The number of nitrogens with two attached hydrogens (primary N) is 1. The van der Waals surface area contributed by atoms with Crippen molar-refractivity contribution in [3.8, 4) is 11.4 Å². The van der Waals surface area contributed by atoms with Crippen molar-refractivity contribution in [2.45, 2.75) is 0 Å². The standard InChI is InChI=1S/C12H10FN3O2/c1-18-12(17)9-6-15-11(16-10(9)14)7-3-2-4-8(13)5-7/h2-6H,1H3,(H2,14,15,16). The van der Waals surface area contributed by atoms with E-state index in [0.717, 1.165) is 0 Å². The summed E-state index contributed by atoms with van der Waals surface area (Å²) in [5, 5.41) is 0. The maximum absolute atomic E-state index is 13.1. The minimum absolute atomic E-state index is 0.00360. The first-order valence-corrected chi connectivity index (χ1v) is 5.08. The molecule has 0 saturated heterocycles. The van der Waals surface area contributed by atoms with Crippen LogP contribution < -0.4 is 5.73 Å². The van der Waals surface area contributed by atoms with E-state index in [0.29, 0.717) is 5.56 Å². The molecule has 0 fully saturated rings. The molecule has 0 aliphatic heterocycles. The van der Waals surface area contributed by atoms with Gasteiger partial charge in [0.15, 0.2) is 5.82 Å². The SMILES string of the molecule is COC(=O)c1cnc(-c2cccc(F)c2)nc1N. The van der Waals surface area contributed by atoms with Gasteiger partial charge in [0.2, 0.25) is 0 Å². The third kappa shape index (κ3) is 2.27. The minimum Gasteiger partial charge on any atom is -0.465 e. The summed E-state index contributed by atoms with van der Waals surface area (Å²) in [6, 6.07) is 5.79. The Hall–Kier alpha value is -2.50. The highest BCUT2D eigenvalue weighted by Crippen LogP contribution is 2.18. The number of nitrogens with zero attached hydrogens (tertiary/aromatic N) is 2. The van der Waals surface area contributed by atoms with Crippen LogP contribution in [-0.2, 0) is 4.74 Å². The molecule has 0 unspecified atom stereocenters. The molecule has 0 atom stereocenters. The van der Waals surface area contributed by atoms with Crippen LogP contribution in [0.1, 0.15) is 10.4 Å². The van der Waals surface area contributed by atoms with Gasteiger partial charge in [-0.15, -0.1) is 0 Å². The van der Waals surface area contributed by atoms with Crippen LogP contribution in [0.25, 0.3) is 11.4 Å². The summed E-state index contributed by atoms with van der Waals surface area (Å²) in [6.07, 6.45) is 1.26. The first-order valence-electron chi connectivity index (χ1n) is 5.08. The number of carbonyl (C=O) groups is 1. The average Bonchev–Trinajstić information content (AvgIpc) is 2.37. The van der Waals surface area contributed by atoms with E-state index < -0.39 is 11.8 Å². The number of esters is 1. The number of carbonyl (C=O) groups excluding carboxylic acids is 1. The largest absolute Gasteiger partial charge is 0.465 e. The highest BCUT2D eigenvalue weighted by atomic mass is 19.1. The van der Waals surface area contributed by atoms with Crippen LogP contribution in [0.2, 0.25) is 0 Å². The van der Waals surface area contributed by atoms with Crippen LogP contribution in [0.3, 0.4) is 0 Å². The summed E-state index contributed by atoms with van der Waals surface area (Å²) < 4.78 is 17.6. The van der Waals surface area contributed by atoms with Gasteiger partial charge in [-0.2, -0.15) is 0 Å². The maximum atomic E-state index is 13.1. The normalized spacial score (nSPS) is 10.1. The summed E-state index contributed by atoms with van der Waals surface area (Å²) in [5.74, 6) is -0.763. The number of hydrogen-bond donors (Lipinski definition) is 1. The van der Waals surface area contributed by atoms with Crippen molar-refractivity contribution in [1.82, 2.24) is 9.97 Å². The Bertz CT molecular complexity index is 602. The molecular formula is C12H10FN3O2. The molecule has 2 aromatic rings. The van der Waals surface area contributed by atoms with Gasteiger partial charge in [0.1, 0.15) is 17.2 Å². The fourth-order valence-electron chi connectivity index (χ4n) is 1.43. The van der Waals surface area contributed by atoms with Crippen LogP contribution >= 0.6 is 0 Å². The summed E-state index contributed by atoms with van der Waals surface area (Å²) in [7, 11) is 1.24. The number of benzene rings is 1. The Labute approximate surface area is 102 Å². The topological polar surface area (TPSA) is 78.1 Å². The fraction of sp³-hybridized carbons (Fsp3) is 0.0833. The second kappa shape index (κ2) is 4.79. The predicted octanol–water partition coefficient (Wildman–Crippen LogP) is 1.65. The molecule has 1 heterocycles. The van der Waals surface area contributed by atoms with Gasteiger partial charge in [-0.3, -0.25) is 0 Å². The zero-order valence-corrected chi connectivity index (χ0v) is 9.55. The summed E-state index contributed by atoms with van der Waals surface area (Å²) in [4.78, 5) is 19.2. The predicted molar refractivity (Wildman–Crippen MR) is 63.2 cm³/mol. The van der Waals surface area contributed by atoms with E-state index in [9.17, 15) is 9.18 Å². The highest BCUT2D eigenvalue weighted by Gasteiger charge is 2.13. The summed E-state index contributed by atoms with van der Waals surface area (Å²) >= 11 is 0. The lowest BCUT2D eigenvalue weighted by molar-refractivity contribution is 0.0601. The number of ether oxygens (including phenoxy) is 1. The molecular weight excluding hydrogens is 237 g/mol. The van der Waals surface area contributed by atoms with Crippen LogP contribution in [-0.4, -0.2) is 23.0 Å². The Kier molecular flexibility index (Phi) is 3.18.